The van der Waals surface area contributed by atoms with Crippen molar-refractivity contribution in [1.29, 1.82) is 0 Å². The molecule has 7 heteroatoms. The highest BCUT2D eigenvalue weighted by molar-refractivity contribution is 5.83. The van der Waals surface area contributed by atoms with E-state index in [0.29, 0.717) is 10.1 Å². The van der Waals surface area contributed by atoms with Crippen LogP contribution >= 0.6 is 0 Å². The molecule has 0 aliphatic rings. The molecule has 0 saturated heterocycles. The van der Waals surface area contributed by atoms with E-state index in [4.69, 9.17) is 0 Å². The number of carbonyl (C=O) groups is 1. The standard InChI is InChI=1S/C10H6F3NO3/c11-10(12,13)9(16)17-14-7-4-2-1-3-6(7)5-8(14)15/h1-5,15H. The molecule has 1 aromatic heterocycles. The Morgan fingerprint density at radius 2 is 1.94 bits per heavy atom. The molecule has 0 aliphatic carbocycles. The van der Waals surface area contributed by atoms with Gasteiger partial charge < -0.3 is 9.94 Å². The number of rotatable bonds is 1. The van der Waals surface area contributed by atoms with Crippen LogP contribution in [0.15, 0.2) is 30.3 Å². The average molecular weight is 245 g/mol. The van der Waals surface area contributed by atoms with Gasteiger partial charge in [0.2, 0.25) is 5.88 Å². The lowest BCUT2D eigenvalue weighted by atomic mass is 10.3. The maximum atomic E-state index is 12.0. The lowest BCUT2D eigenvalue weighted by molar-refractivity contribution is -0.199. The summed E-state index contributed by atoms with van der Waals surface area (Å²) in [4.78, 5) is 14.7. The third-order valence-electron chi connectivity index (χ3n) is 2.05. The van der Waals surface area contributed by atoms with Gasteiger partial charge in [0, 0.05) is 11.5 Å². The maximum Gasteiger partial charge on any atom is 0.493 e. The molecular weight excluding hydrogens is 239 g/mol. The Balaban J connectivity index is 2.42. The van der Waals surface area contributed by atoms with Crippen molar-refractivity contribution >= 4 is 16.9 Å². The predicted octanol–water partition coefficient (Wildman–Crippen LogP) is 1.86. The van der Waals surface area contributed by atoms with E-state index in [9.17, 15) is 23.1 Å². The van der Waals surface area contributed by atoms with Crippen molar-refractivity contribution in [1.82, 2.24) is 4.73 Å². The number of carbonyl (C=O) groups excluding carboxylic acids is 1. The number of alkyl halides is 3. The van der Waals surface area contributed by atoms with Gasteiger partial charge >= 0.3 is 12.1 Å². The van der Waals surface area contributed by atoms with E-state index < -0.39 is 18.0 Å². The second kappa shape index (κ2) is 3.69. The Bertz CT molecular complexity index is 574. The summed E-state index contributed by atoms with van der Waals surface area (Å²) in [6, 6.07) is 7.35. The van der Waals surface area contributed by atoms with Crippen LogP contribution in [0, 0.1) is 0 Å². The number of hydrogen-bond donors (Lipinski definition) is 1. The van der Waals surface area contributed by atoms with Crippen LogP contribution < -0.4 is 4.84 Å². The van der Waals surface area contributed by atoms with E-state index >= 15 is 0 Å². The van der Waals surface area contributed by atoms with Crippen LogP contribution in [0.1, 0.15) is 0 Å². The summed E-state index contributed by atoms with van der Waals surface area (Å²) in [6.45, 7) is 0. The van der Waals surface area contributed by atoms with E-state index in [0.717, 1.165) is 0 Å². The van der Waals surface area contributed by atoms with E-state index in [1.165, 1.54) is 12.1 Å². The van der Waals surface area contributed by atoms with E-state index in [2.05, 4.69) is 4.84 Å². The van der Waals surface area contributed by atoms with E-state index in [1.54, 1.807) is 18.2 Å². The highest BCUT2D eigenvalue weighted by atomic mass is 19.4. The first-order valence-electron chi connectivity index (χ1n) is 4.48. The third-order valence-corrected chi connectivity index (χ3v) is 2.05. The Morgan fingerprint density at radius 3 is 2.59 bits per heavy atom. The van der Waals surface area contributed by atoms with Gasteiger partial charge in [-0.25, -0.2) is 4.79 Å². The molecule has 0 saturated carbocycles. The molecule has 0 radical (unpaired) electrons. The molecule has 17 heavy (non-hydrogen) atoms. The summed E-state index contributed by atoms with van der Waals surface area (Å²) < 4.78 is 36.4. The summed E-state index contributed by atoms with van der Waals surface area (Å²) >= 11 is 0. The fourth-order valence-corrected chi connectivity index (χ4v) is 1.35. The van der Waals surface area contributed by atoms with Crippen molar-refractivity contribution < 1.29 is 27.9 Å². The largest absolute Gasteiger partial charge is 0.493 e. The first kappa shape index (κ1) is 11.3. The monoisotopic (exact) mass is 245 g/mol. The second-order valence-corrected chi connectivity index (χ2v) is 3.23. The highest BCUT2D eigenvalue weighted by Crippen LogP contribution is 2.24. The van der Waals surface area contributed by atoms with E-state index in [1.807, 2.05) is 0 Å². The Kier molecular flexibility index (Phi) is 2.45. The highest BCUT2D eigenvalue weighted by Gasteiger charge is 2.42. The molecule has 90 valence electrons. The van der Waals surface area contributed by atoms with Crippen molar-refractivity contribution in [3.8, 4) is 5.88 Å². The minimum absolute atomic E-state index is 0.169. The van der Waals surface area contributed by atoms with Gasteiger partial charge in [-0.2, -0.15) is 13.2 Å². The molecular formula is C10H6F3NO3. The molecule has 0 atom stereocenters. The number of hydrogen-bond acceptors (Lipinski definition) is 3. The quantitative estimate of drug-likeness (QED) is 0.834. The molecule has 0 spiro atoms. The molecule has 4 nitrogen and oxygen atoms in total. The van der Waals surface area contributed by atoms with Gasteiger partial charge in [-0.15, -0.1) is 4.73 Å². The number of halogens is 3. The summed E-state index contributed by atoms with van der Waals surface area (Å²) in [6.07, 6.45) is -5.11. The summed E-state index contributed by atoms with van der Waals surface area (Å²) in [5.41, 5.74) is 0.169. The number of fused-ring (bicyclic) bond motifs is 1. The fraction of sp³-hybridized carbons (Fsp3) is 0.100. The maximum absolute atomic E-state index is 12.0. The van der Waals surface area contributed by atoms with Gasteiger partial charge in [0.15, 0.2) is 0 Å². The number of aromatic hydroxyl groups is 1. The van der Waals surface area contributed by atoms with Gasteiger partial charge in [-0.3, -0.25) is 0 Å². The van der Waals surface area contributed by atoms with Crippen molar-refractivity contribution in [3.05, 3.63) is 30.3 Å². The second-order valence-electron chi connectivity index (χ2n) is 3.23. The number of benzene rings is 1. The lowest BCUT2D eigenvalue weighted by Crippen LogP contribution is -2.33. The smallest absolute Gasteiger partial charge is 0.492 e. The first-order chi connectivity index (χ1) is 7.89. The molecule has 0 unspecified atom stereocenters. The zero-order chi connectivity index (χ0) is 12.6. The van der Waals surface area contributed by atoms with Crippen LogP contribution in [-0.4, -0.2) is 22.0 Å². The Labute approximate surface area is 92.8 Å². The third kappa shape index (κ3) is 2.03. The summed E-state index contributed by atoms with van der Waals surface area (Å²) in [5, 5.41) is 9.83. The minimum Gasteiger partial charge on any atom is -0.492 e. The van der Waals surface area contributed by atoms with Crippen LogP contribution in [0.25, 0.3) is 10.9 Å². The van der Waals surface area contributed by atoms with Crippen LogP contribution in [0.4, 0.5) is 13.2 Å². The Hall–Kier alpha value is -2.18. The number of aromatic nitrogens is 1. The van der Waals surface area contributed by atoms with Gasteiger partial charge in [0.05, 0.1) is 5.52 Å². The van der Waals surface area contributed by atoms with Crippen molar-refractivity contribution in [3.63, 3.8) is 0 Å². The minimum atomic E-state index is -5.11. The molecule has 2 aromatic rings. The van der Waals surface area contributed by atoms with Gasteiger partial charge in [0.1, 0.15) is 0 Å². The molecule has 0 bridgehead atoms. The zero-order valence-corrected chi connectivity index (χ0v) is 8.23. The van der Waals surface area contributed by atoms with Crippen molar-refractivity contribution in [2.75, 3.05) is 0 Å². The molecule has 0 amide bonds. The molecule has 1 N–H and O–H groups in total. The van der Waals surface area contributed by atoms with E-state index in [-0.39, 0.29) is 5.52 Å². The van der Waals surface area contributed by atoms with Crippen LogP contribution in [0.2, 0.25) is 0 Å². The topological polar surface area (TPSA) is 51.5 Å². The molecule has 1 heterocycles. The summed E-state index contributed by atoms with van der Waals surface area (Å²) in [5.74, 6) is -2.97. The molecule has 1 aromatic carbocycles. The normalized spacial score (nSPS) is 11.7. The number of para-hydroxylation sites is 1. The fourth-order valence-electron chi connectivity index (χ4n) is 1.35. The Morgan fingerprint density at radius 1 is 1.29 bits per heavy atom. The zero-order valence-electron chi connectivity index (χ0n) is 8.23. The molecule has 0 fully saturated rings. The number of nitrogens with zero attached hydrogens (tertiary/aromatic N) is 1. The van der Waals surface area contributed by atoms with Gasteiger partial charge in [-0.1, -0.05) is 18.2 Å². The van der Waals surface area contributed by atoms with Crippen LogP contribution in [0.3, 0.4) is 0 Å². The van der Waals surface area contributed by atoms with Crippen LogP contribution in [-0.2, 0) is 4.79 Å². The van der Waals surface area contributed by atoms with Crippen molar-refractivity contribution in [2.45, 2.75) is 6.18 Å². The lowest BCUT2D eigenvalue weighted by Gasteiger charge is -2.08. The molecule has 2 rings (SSSR count). The van der Waals surface area contributed by atoms with Crippen molar-refractivity contribution in [2.24, 2.45) is 0 Å². The van der Waals surface area contributed by atoms with Crippen LogP contribution in [0.5, 0.6) is 5.88 Å². The molecule has 0 aliphatic heterocycles. The average Bonchev–Trinajstić information content (AvgIpc) is 2.54. The first-order valence-corrected chi connectivity index (χ1v) is 4.48. The van der Waals surface area contributed by atoms with Gasteiger partial charge in [0.25, 0.3) is 0 Å². The SMILES string of the molecule is O=C(On1c(O)cc2ccccc21)C(F)(F)F. The van der Waals surface area contributed by atoms with Gasteiger partial charge in [-0.05, 0) is 6.07 Å². The predicted molar refractivity (Wildman–Crippen MR) is 51.2 cm³/mol. The summed E-state index contributed by atoms with van der Waals surface area (Å²) in [7, 11) is 0.